The van der Waals surface area contributed by atoms with Gasteiger partial charge in [-0.25, -0.2) is 4.39 Å². The number of benzene rings is 1. The third-order valence-electron chi connectivity index (χ3n) is 2.56. The van der Waals surface area contributed by atoms with E-state index in [1.165, 1.54) is 12.3 Å². The summed E-state index contributed by atoms with van der Waals surface area (Å²) >= 11 is 0. The van der Waals surface area contributed by atoms with Gasteiger partial charge in [-0.15, -0.1) is 0 Å². The van der Waals surface area contributed by atoms with Crippen molar-refractivity contribution in [2.24, 2.45) is 0 Å². The molecule has 0 bridgehead atoms. The van der Waals surface area contributed by atoms with E-state index in [4.69, 9.17) is 0 Å². The maximum Gasteiger partial charge on any atom is 0.194 e. The second-order valence-corrected chi connectivity index (χ2v) is 3.77. The number of carbonyl (C=O) groups is 1. The molecule has 86 valence electrons. The zero-order valence-corrected chi connectivity index (χ0v) is 9.48. The lowest BCUT2D eigenvalue weighted by Gasteiger charge is -2.03. The molecule has 0 N–H and O–H groups in total. The molecule has 1 aromatic heterocycles. The first-order chi connectivity index (χ1) is 8.20. The van der Waals surface area contributed by atoms with Crippen LogP contribution in [0.3, 0.4) is 0 Å². The molecule has 0 radical (unpaired) electrons. The number of aromatic nitrogens is 1. The van der Waals surface area contributed by atoms with Crippen LogP contribution in [0, 0.1) is 5.82 Å². The maximum absolute atomic E-state index is 13.0. The van der Waals surface area contributed by atoms with E-state index in [9.17, 15) is 9.18 Å². The molecule has 0 saturated heterocycles. The number of pyridine rings is 1. The molecule has 0 aliphatic rings. The lowest BCUT2D eigenvalue weighted by Crippen LogP contribution is -2.03. The number of nitrogens with zero attached hydrogens (tertiary/aromatic N) is 1. The van der Waals surface area contributed by atoms with Gasteiger partial charge in [-0.05, 0) is 24.1 Å². The largest absolute Gasteiger partial charge is 0.289 e. The van der Waals surface area contributed by atoms with Gasteiger partial charge in [0.1, 0.15) is 5.82 Å². The normalized spacial score (nSPS) is 10.2. The van der Waals surface area contributed by atoms with Gasteiger partial charge in [-0.1, -0.05) is 25.1 Å². The van der Waals surface area contributed by atoms with Crippen LogP contribution in [0.4, 0.5) is 4.39 Å². The van der Waals surface area contributed by atoms with Crippen LogP contribution < -0.4 is 0 Å². The summed E-state index contributed by atoms with van der Waals surface area (Å²) in [6.07, 6.45) is 3.33. The van der Waals surface area contributed by atoms with Gasteiger partial charge in [0.25, 0.3) is 0 Å². The van der Waals surface area contributed by atoms with E-state index in [0.717, 1.165) is 18.2 Å². The average Bonchev–Trinajstić information content (AvgIpc) is 2.38. The fraction of sp³-hybridized carbons (Fsp3) is 0.143. The summed E-state index contributed by atoms with van der Waals surface area (Å²) in [6, 6.07) is 8.55. The summed E-state index contributed by atoms with van der Waals surface area (Å²) in [7, 11) is 0. The molecule has 2 aromatic rings. The van der Waals surface area contributed by atoms with Crippen LogP contribution in [0.15, 0.2) is 42.7 Å². The molecular weight excluding hydrogens is 217 g/mol. The Kier molecular flexibility index (Phi) is 3.28. The predicted molar refractivity (Wildman–Crippen MR) is 63.4 cm³/mol. The van der Waals surface area contributed by atoms with Gasteiger partial charge < -0.3 is 0 Å². The first kappa shape index (κ1) is 11.5. The van der Waals surface area contributed by atoms with Crippen molar-refractivity contribution in [3.63, 3.8) is 0 Å². The Balaban J connectivity index is 2.36. The molecule has 3 heteroatoms. The Morgan fingerprint density at radius 1 is 1.24 bits per heavy atom. The zero-order valence-electron chi connectivity index (χ0n) is 9.48. The van der Waals surface area contributed by atoms with Crippen LogP contribution in [0.25, 0.3) is 0 Å². The number of aryl methyl sites for hydroxylation is 1. The molecule has 0 aliphatic carbocycles. The third kappa shape index (κ3) is 2.56. The van der Waals surface area contributed by atoms with Crippen LogP contribution in [0.2, 0.25) is 0 Å². The van der Waals surface area contributed by atoms with Crippen molar-refractivity contribution in [2.45, 2.75) is 13.3 Å². The van der Waals surface area contributed by atoms with Crippen molar-refractivity contribution >= 4 is 5.78 Å². The van der Waals surface area contributed by atoms with Gasteiger partial charge in [-0.2, -0.15) is 0 Å². The summed E-state index contributed by atoms with van der Waals surface area (Å²) in [5, 5.41) is 0. The van der Waals surface area contributed by atoms with Crippen LogP contribution in [-0.2, 0) is 6.42 Å². The number of carbonyl (C=O) groups excluding carboxylic acids is 1. The van der Waals surface area contributed by atoms with Crippen LogP contribution >= 0.6 is 0 Å². The van der Waals surface area contributed by atoms with Gasteiger partial charge in [0.2, 0.25) is 0 Å². The molecule has 0 saturated carbocycles. The van der Waals surface area contributed by atoms with E-state index in [1.807, 2.05) is 25.1 Å². The Morgan fingerprint density at radius 3 is 2.76 bits per heavy atom. The van der Waals surface area contributed by atoms with Crippen LogP contribution in [0.1, 0.15) is 28.4 Å². The summed E-state index contributed by atoms with van der Waals surface area (Å²) in [4.78, 5) is 15.7. The lowest BCUT2D eigenvalue weighted by molar-refractivity contribution is 0.103. The molecule has 17 heavy (non-hydrogen) atoms. The predicted octanol–water partition coefficient (Wildman–Crippen LogP) is 3.01. The highest BCUT2D eigenvalue weighted by Crippen LogP contribution is 2.12. The molecule has 0 aliphatic heterocycles. The fourth-order valence-corrected chi connectivity index (χ4v) is 1.64. The van der Waals surface area contributed by atoms with E-state index in [-0.39, 0.29) is 11.3 Å². The number of hydrogen-bond acceptors (Lipinski definition) is 2. The molecule has 0 unspecified atom stereocenters. The van der Waals surface area contributed by atoms with Crippen molar-refractivity contribution in [3.05, 3.63) is 65.2 Å². The number of hydrogen-bond donors (Lipinski definition) is 0. The van der Waals surface area contributed by atoms with E-state index in [1.54, 1.807) is 6.07 Å². The van der Waals surface area contributed by atoms with Crippen molar-refractivity contribution in [3.8, 4) is 0 Å². The molecule has 2 nitrogen and oxygen atoms in total. The van der Waals surface area contributed by atoms with E-state index in [2.05, 4.69) is 4.98 Å². The molecular formula is C14H12FNO. The fourth-order valence-electron chi connectivity index (χ4n) is 1.64. The van der Waals surface area contributed by atoms with Crippen molar-refractivity contribution in [2.75, 3.05) is 0 Å². The van der Waals surface area contributed by atoms with Crippen LogP contribution in [-0.4, -0.2) is 10.8 Å². The summed E-state index contributed by atoms with van der Waals surface area (Å²) in [5.41, 5.74) is 1.93. The Hall–Kier alpha value is -2.03. The van der Waals surface area contributed by atoms with Crippen molar-refractivity contribution in [1.29, 1.82) is 0 Å². The Morgan fingerprint density at radius 2 is 2.06 bits per heavy atom. The number of ketones is 1. The monoisotopic (exact) mass is 229 g/mol. The van der Waals surface area contributed by atoms with Gasteiger partial charge in [0.05, 0.1) is 6.20 Å². The average molecular weight is 229 g/mol. The topological polar surface area (TPSA) is 30.0 Å². The summed E-state index contributed by atoms with van der Waals surface area (Å²) in [6.45, 7) is 2.02. The lowest BCUT2D eigenvalue weighted by atomic mass is 10.0. The molecule has 0 spiro atoms. The number of rotatable bonds is 3. The molecule has 1 aromatic carbocycles. The SMILES string of the molecule is CCc1cccc(C(=O)c2cncc(F)c2)c1. The van der Waals surface area contributed by atoms with Gasteiger partial charge in [-0.3, -0.25) is 9.78 Å². The Bertz CT molecular complexity index is 551. The quantitative estimate of drug-likeness (QED) is 0.757. The van der Waals surface area contributed by atoms with E-state index < -0.39 is 5.82 Å². The Labute approximate surface area is 99.1 Å². The first-order valence-corrected chi connectivity index (χ1v) is 5.45. The summed E-state index contributed by atoms with van der Waals surface area (Å²) < 4.78 is 13.0. The molecule has 0 amide bonds. The molecule has 0 atom stereocenters. The first-order valence-electron chi connectivity index (χ1n) is 5.45. The second kappa shape index (κ2) is 4.87. The molecule has 2 rings (SSSR count). The standard InChI is InChI=1S/C14H12FNO/c1-2-10-4-3-5-11(6-10)14(17)12-7-13(15)9-16-8-12/h3-9H,2H2,1H3. The maximum atomic E-state index is 13.0. The highest BCUT2D eigenvalue weighted by molar-refractivity contribution is 6.08. The van der Waals surface area contributed by atoms with Crippen LogP contribution in [0.5, 0.6) is 0 Å². The van der Waals surface area contributed by atoms with Gasteiger partial charge in [0, 0.05) is 17.3 Å². The molecule has 1 heterocycles. The number of halogens is 1. The minimum atomic E-state index is -0.498. The molecule has 0 fully saturated rings. The minimum absolute atomic E-state index is 0.202. The zero-order chi connectivity index (χ0) is 12.3. The summed E-state index contributed by atoms with van der Waals surface area (Å²) in [5.74, 6) is -0.699. The highest BCUT2D eigenvalue weighted by Gasteiger charge is 2.10. The van der Waals surface area contributed by atoms with Crippen molar-refractivity contribution in [1.82, 2.24) is 4.98 Å². The van der Waals surface area contributed by atoms with Gasteiger partial charge >= 0.3 is 0 Å². The highest BCUT2D eigenvalue weighted by atomic mass is 19.1. The van der Waals surface area contributed by atoms with E-state index >= 15 is 0 Å². The third-order valence-corrected chi connectivity index (χ3v) is 2.56. The van der Waals surface area contributed by atoms with Crippen molar-refractivity contribution < 1.29 is 9.18 Å². The second-order valence-electron chi connectivity index (χ2n) is 3.77. The van der Waals surface area contributed by atoms with Gasteiger partial charge in [0.15, 0.2) is 5.78 Å². The van der Waals surface area contributed by atoms with E-state index in [0.29, 0.717) is 5.56 Å². The minimum Gasteiger partial charge on any atom is -0.289 e. The smallest absolute Gasteiger partial charge is 0.194 e.